The Balaban J connectivity index is 2.82. The number of oxazole rings is 1. The van der Waals surface area contributed by atoms with Crippen molar-refractivity contribution in [1.29, 1.82) is 0 Å². The first-order valence-corrected chi connectivity index (χ1v) is 4.60. The van der Waals surface area contributed by atoms with Gasteiger partial charge in [0.25, 0.3) is 10.0 Å². The normalized spacial score (nSPS) is 10.6. The predicted molar refractivity (Wildman–Crippen MR) is 51.9 cm³/mol. The van der Waals surface area contributed by atoms with Crippen molar-refractivity contribution in [2.75, 3.05) is 0 Å². The van der Waals surface area contributed by atoms with Crippen molar-refractivity contribution in [3.05, 3.63) is 28.6 Å². The number of halogens is 2. The molecular weight excluding hydrogens is 257 g/mol. The summed E-state index contributed by atoms with van der Waals surface area (Å²) >= 11 is 8.43. The highest BCUT2D eigenvalue weighted by atomic mass is 79.9. The van der Waals surface area contributed by atoms with E-state index in [4.69, 9.17) is 16.0 Å². The molecule has 13 heavy (non-hydrogen) atoms. The molecule has 0 fully saturated rings. The summed E-state index contributed by atoms with van der Waals surface area (Å²) in [4.78, 5) is 15.3. The second kappa shape index (κ2) is 3.12. The van der Waals surface area contributed by atoms with Crippen LogP contribution in [0.25, 0.3) is 11.1 Å². The summed E-state index contributed by atoms with van der Waals surface area (Å²) in [5.74, 6) is 0. The smallest absolute Gasteiger partial charge is 0.265 e. The van der Waals surface area contributed by atoms with Crippen molar-refractivity contribution in [1.82, 2.24) is 4.98 Å². The molecule has 2 aromatic rings. The average molecular weight is 260 g/mol. The second-order valence-corrected chi connectivity index (χ2v) is 3.41. The average Bonchev–Trinajstić information content (AvgIpc) is 2.43. The fourth-order valence-electron chi connectivity index (χ4n) is 1.08. The summed E-state index contributed by atoms with van der Waals surface area (Å²) in [5, 5.41) is -0.536. The zero-order chi connectivity index (χ0) is 9.42. The lowest BCUT2D eigenvalue weighted by Gasteiger charge is -1.91. The van der Waals surface area contributed by atoms with Crippen LogP contribution in [0.2, 0.25) is 0 Å². The second-order valence-electron chi connectivity index (χ2n) is 2.39. The van der Waals surface area contributed by atoms with E-state index in [9.17, 15) is 4.79 Å². The number of rotatable bonds is 1. The Bertz CT molecular complexity index is 480. The minimum atomic E-state index is -0.536. The van der Waals surface area contributed by atoms with Crippen molar-refractivity contribution in [3.8, 4) is 0 Å². The number of aromatic nitrogens is 1. The maximum Gasteiger partial charge on any atom is 0.265 e. The van der Waals surface area contributed by atoms with Crippen LogP contribution in [0.3, 0.4) is 0 Å². The van der Waals surface area contributed by atoms with Gasteiger partial charge >= 0.3 is 0 Å². The maximum absolute atomic E-state index is 10.9. The highest BCUT2D eigenvalue weighted by molar-refractivity contribution is 9.10. The van der Waals surface area contributed by atoms with E-state index in [-0.39, 0.29) is 0 Å². The molecule has 2 rings (SSSR count). The van der Waals surface area contributed by atoms with E-state index < -0.39 is 5.24 Å². The summed E-state index contributed by atoms with van der Waals surface area (Å²) in [5.41, 5.74) is 1.38. The summed E-state index contributed by atoms with van der Waals surface area (Å²) in [6.07, 6.45) is 0. The van der Waals surface area contributed by atoms with Crippen LogP contribution < -0.4 is 0 Å². The lowest BCUT2D eigenvalue weighted by molar-refractivity contribution is 0.108. The van der Waals surface area contributed by atoms with Crippen LogP contribution in [0.4, 0.5) is 0 Å². The number of hydrogen-bond acceptors (Lipinski definition) is 3. The van der Waals surface area contributed by atoms with E-state index >= 15 is 0 Å². The van der Waals surface area contributed by atoms with E-state index in [0.717, 1.165) is 0 Å². The monoisotopic (exact) mass is 259 g/mol. The van der Waals surface area contributed by atoms with Crippen molar-refractivity contribution in [3.63, 3.8) is 0 Å². The van der Waals surface area contributed by atoms with Crippen LogP contribution in [-0.2, 0) is 0 Å². The first-order valence-electron chi connectivity index (χ1n) is 3.43. The summed E-state index contributed by atoms with van der Waals surface area (Å²) in [7, 11) is 0. The minimum Gasteiger partial charge on any atom is -0.431 e. The third-order valence-corrected chi connectivity index (χ3v) is 2.15. The lowest BCUT2D eigenvalue weighted by atomic mass is 10.2. The van der Waals surface area contributed by atoms with Gasteiger partial charge in [0.1, 0.15) is 5.52 Å². The molecule has 1 aromatic heterocycles. The number of carbonyl (C=O) groups excluding carboxylic acids is 1. The van der Waals surface area contributed by atoms with E-state index in [1.54, 1.807) is 18.2 Å². The van der Waals surface area contributed by atoms with Crippen LogP contribution in [-0.4, -0.2) is 10.2 Å². The third-order valence-electron chi connectivity index (χ3n) is 1.60. The van der Waals surface area contributed by atoms with Crippen LogP contribution in [0, 0.1) is 0 Å². The highest BCUT2D eigenvalue weighted by Crippen LogP contribution is 2.23. The van der Waals surface area contributed by atoms with E-state index in [0.29, 0.717) is 21.5 Å². The molecule has 0 aliphatic carbocycles. The van der Waals surface area contributed by atoms with Gasteiger partial charge in [0, 0.05) is 15.9 Å². The lowest BCUT2D eigenvalue weighted by Crippen LogP contribution is -1.89. The van der Waals surface area contributed by atoms with Gasteiger partial charge in [-0.2, -0.15) is 0 Å². The molecular formula is C8H3BrClNO2. The first kappa shape index (κ1) is 8.72. The molecule has 3 nitrogen and oxygen atoms in total. The molecule has 0 unspecified atom stereocenters. The molecule has 0 aliphatic heterocycles. The Morgan fingerprint density at radius 1 is 1.54 bits per heavy atom. The Morgan fingerprint density at radius 3 is 3.00 bits per heavy atom. The first-order chi connectivity index (χ1) is 6.18. The summed E-state index contributed by atoms with van der Waals surface area (Å²) in [6, 6.07) is 5.01. The summed E-state index contributed by atoms with van der Waals surface area (Å²) < 4.78 is 5.15. The van der Waals surface area contributed by atoms with Crippen LogP contribution >= 0.6 is 27.5 Å². The topological polar surface area (TPSA) is 43.1 Å². The van der Waals surface area contributed by atoms with Gasteiger partial charge in [0.15, 0.2) is 5.58 Å². The van der Waals surface area contributed by atoms with Gasteiger partial charge in [0.05, 0.1) is 5.56 Å². The quantitative estimate of drug-likeness (QED) is 0.740. The molecule has 0 radical (unpaired) electrons. The number of carbonyl (C=O) groups is 1. The largest absolute Gasteiger partial charge is 0.431 e. The number of para-hydroxylation sites is 1. The SMILES string of the molecule is O=C(Cl)c1cccc2oc(Br)nc12. The molecule has 0 saturated carbocycles. The fraction of sp³-hybridized carbons (Fsp3) is 0. The molecule has 0 spiro atoms. The molecule has 0 saturated heterocycles. The van der Waals surface area contributed by atoms with Gasteiger partial charge < -0.3 is 4.42 Å². The zero-order valence-corrected chi connectivity index (χ0v) is 8.59. The number of benzene rings is 1. The maximum atomic E-state index is 10.9. The van der Waals surface area contributed by atoms with Crippen molar-refractivity contribution < 1.29 is 9.21 Å². The molecule has 1 aromatic carbocycles. The van der Waals surface area contributed by atoms with Crippen LogP contribution in [0.1, 0.15) is 10.4 Å². The van der Waals surface area contributed by atoms with Crippen LogP contribution in [0.5, 0.6) is 0 Å². The molecule has 1 heterocycles. The van der Waals surface area contributed by atoms with Crippen molar-refractivity contribution >= 4 is 43.9 Å². The highest BCUT2D eigenvalue weighted by Gasteiger charge is 2.11. The van der Waals surface area contributed by atoms with Gasteiger partial charge in [-0.1, -0.05) is 6.07 Å². The molecule has 0 aliphatic rings. The molecule has 0 N–H and O–H groups in total. The van der Waals surface area contributed by atoms with Crippen LogP contribution in [0.15, 0.2) is 27.4 Å². The van der Waals surface area contributed by atoms with Crippen molar-refractivity contribution in [2.45, 2.75) is 0 Å². The van der Waals surface area contributed by atoms with Gasteiger partial charge in [-0.15, -0.1) is 0 Å². The predicted octanol–water partition coefficient (Wildman–Crippen LogP) is 2.97. The Kier molecular flexibility index (Phi) is 2.09. The van der Waals surface area contributed by atoms with Gasteiger partial charge in [-0.3, -0.25) is 4.79 Å². The van der Waals surface area contributed by atoms with Crippen molar-refractivity contribution in [2.24, 2.45) is 0 Å². The van der Waals surface area contributed by atoms with Gasteiger partial charge in [-0.25, -0.2) is 4.98 Å². The number of nitrogens with zero attached hydrogens (tertiary/aromatic N) is 1. The number of hydrogen-bond donors (Lipinski definition) is 0. The number of fused-ring (bicyclic) bond motifs is 1. The molecule has 0 atom stereocenters. The fourth-order valence-corrected chi connectivity index (χ4v) is 1.58. The molecule has 0 bridgehead atoms. The van der Waals surface area contributed by atoms with Gasteiger partial charge in [-0.05, 0) is 23.7 Å². The third kappa shape index (κ3) is 1.47. The zero-order valence-electron chi connectivity index (χ0n) is 6.25. The van der Waals surface area contributed by atoms with E-state index in [1.165, 1.54) is 0 Å². The molecule has 66 valence electrons. The van der Waals surface area contributed by atoms with E-state index in [1.807, 2.05) is 0 Å². The van der Waals surface area contributed by atoms with E-state index in [2.05, 4.69) is 20.9 Å². The molecule has 5 heteroatoms. The minimum absolute atomic E-state index is 0.341. The standard InChI is InChI=1S/C8H3BrClNO2/c9-8-11-6-4(7(10)12)2-1-3-5(6)13-8/h1-3H. The Hall–Kier alpha value is -0.870. The van der Waals surface area contributed by atoms with Gasteiger partial charge in [0.2, 0.25) is 0 Å². The summed E-state index contributed by atoms with van der Waals surface area (Å²) in [6.45, 7) is 0. The Labute approximate surface area is 86.8 Å². The Morgan fingerprint density at radius 2 is 2.31 bits per heavy atom. The molecule has 0 amide bonds.